The SMILES string of the molecule is CCCCCCC(C)N1CC(C)NCC1c1ccccc1. The Morgan fingerprint density at radius 2 is 1.95 bits per heavy atom. The molecular formula is C19H32N2. The van der Waals surface area contributed by atoms with Crippen LogP contribution in [0, 0.1) is 0 Å². The maximum atomic E-state index is 3.65. The first-order valence-electron chi connectivity index (χ1n) is 8.76. The van der Waals surface area contributed by atoms with E-state index in [1.807, 2.05) is 0 Å². The lowest BCUT2D eigenvalue weighted by atomic mass is 9.97. The van der Waals surface area contributed by atoms with E-state index in [4.69, 9.17) is 0 Å². The first kappa shape index (κ1) is 16.5. The van der Waals surface area contributed by atoms with Crippen molar-refractivity contribution in [2.45, 2.75) is 71.0 Å². The number of hydrogen-bond acceptors (Lipinski definition) is 2. The largest absolute Gasteiger partial charge is 0.311 e. The number of benzene rings is 1. The van der Waals surface area contributed by atoms with E-state index in [2.05, 4.69) is 61.3 Å². The van der Waals surface area contributed by atoms with Gasteiger partial charge in [0.2, 0.25) is 0 Å². The Kier molecular flexibility index (Phi) is 6.72. The minimum Gasteiger partial charge on any atom is -0.311 e. The molecule has 118 valence electrons. The van der Waals surface area contributed by atoms with E-state index in [-0.39, 0.29) is 0 Å². The number of nitrogens with zero attached hydrogens (tertiary/aromatic N) is 1. The second-order valence-electron chi connectivity index (χ2n) is 6.63. The third-order valence-electron chi connectivity index (χ3n) is 4.77. The highest BCUT2D eigenvalue weighted by molar-refractivity contribution is 5.20. The molecule has 1 fully saturated rings. The minimum absolute atomic E-state index is 0.531. The summed E-state index contributed by atoms with van der Waals surface area (Å²) in [5.74, 6) is 0. The lowest BCUT2D eigenvalue weighted by Gasteiger charge is -2.43. The molecule has 0 amide bonds. The Hall–Kier alpha value is -0.860. The lowest BCUT2D eigenvalue weighted by Crippen LogP contribution is -2.53. The van der Waals surface area contributed by atoms with Crippen molar-refractivity contribution in [3.05, 3.63) is 35.9 Å². The van der Waals surface area contributed by atoms with Crippen molar-refractivity contribution in [1.82, 2.24) is 10.2 Å². The monoisotopic (exact) mass is 288 g/mol. The van der Waals surface area contributed by atoms with Crippen molar-refractivity contribution in [3.8, 4) is 0 Å². The molecular weight excluding hydrogens is 256 g/mol. The number of rotatable bonds is 7. The Bertz CT molecular complexity index is 390. The molecule has 1 aliphatic heterocycles. The summed E-state index contributed by atoms with van der Waals surface area (Å²) in [5.41, 5.74) is 1.46. The summed E-state index contributed by atoms with van der Waals surface area (Å²) in [4.78, 5) is 2.72. The Balaban J connectivity index is 1.98. The van der Waals surface area contributed by atoms with Gasteiger partial charge in [0.1, 0.15) is 0 Å². The van der Waals surface area contributed by atoms with Gasteiger partial charge < -0.3 is 5.32 Å². The van der Waals surface area contributed by atoms with E-state index in [1.54, 1.807) is 0 Å². The van der Waals surface area contributed by atoms with Crippen LogP contribution in [0.2, 0.25) is 0 Å². The molecule has 2 heteroatoms. The van der Waals surface area contributed by atoms with Crippen molar-refractivity contribution in [3.63, 3.8) is 0 Å². The van der Waals surface area contributed by atoms with Gasteiger partial charge in [-0.15, -0.1) is 0 Å². The van der Waals surface area contributed by atoms with Crippen LogP contribution in [-0.2, 0) is 0 Å². The highest BCUT2D eigenvalue weighted by atomic mass is 15.2. The predicted molar refractivity (Wildman–Crippen MR) is 91.6 cm³/mol. The second-order valence-corrected chi connectivity index (χ2v) is 6.63. The van der Waals surface area contributed by atoms with Crippen LogP contribution in [0.5, 0.6) is 0 Å². The molecule has 3 unspecified atom stereocenters. The number of nitrogens with one attached hydrogen (secondary N) is 1. The maximum absolute atomic E-state index is 3.65. The van der Waals surface area contributed by atoms with E-state index >= 15 is 0 Å². The molecule has 0 spiro atoms. The topological polar surface area (TPSA) is 15.3 Å². The van der Waals surface area contributed by atoms with Gasteiger partial charge in [0.15, 0.2) is 0 Å². The van der Waals surface area contributed by atoms with Crippen LogP contribution < -0.4 is 5.32 Å². The summed E-state index contributed by atoms with van der Waals surface area (Å²) >= 11 is 0. The van der Waals surface area contributed by atoms with Gasteiger partial charge in [0.05, 0.1) is 0 Å². The van der Waals surface area contributed by atoms with Crippen LogP contribution in [-0.4, -0.2) is 30.1 Å². The van der Waals surface area contributed by atoms with Crippen LogP contribution in [0.15, 0.2) is 30.3 Å². The predicted octanol–water partition coefficient (Wildman–Crippen LogP) is 4.38. The third kappa shape index (κ3) is 4.82. The van der Waals surface area contributed by atoms with Gasteiger partial charge in [-0.3, -0.25) is 4.90 Å². The third-order valence-corrected chi connectivity index (χ3v) is 4.77. The van der Waals surface area contributed by atoms with E-state index in [9.17, 15) is 0 Å². The summed E-state index contributed by atoms with van der Waals surface area (Å²) < 4.78 is 0. The maximum Gasteiger partial charge on any atom is 0.0476 e. The molecule has 3 atom stereocenters. The highest BCUT2D eigenvalue weighted by Gasteiger charge is 2.29. The zero-order valence-electron chi connectivity index (χ0n) is 14.0. The van der Waals surface area contributed by atoms with E-state index in [1.165, 1.54) is 37.7 Å². The van der Waals surface area contributed by atoms with E-state index < -0.39 is 0 Å². The summed E-state index contributed by atoms with van der Waals surface area (Å²) in [7, 11) is 0. The van der Waals surface area contributed by atoms with Gasteiger partial charge in [0.25, 0.3) is 0 Å². The standard InChI is InChI=1S/C19H32N2/c1-4-5-6-8-11-17(3)21-15-16(2)20-14-19(21)18-12-9-7-10-13-18/h7,9-10,12-13,16-17,19-20H,4-6,8,11,14-15H2,1-3H3. The van der Waals surface area contributed by atoms with E-state index in [0.717, 1.165) is 13.1 Å². The fourth-order valence-electron chi connectivity index (χ4n) is 3.44. The van der Waals surface area contributed by atoms with Crippen molar-refractivity contribution in [1.29, 1.82) is 0 Å². The highest BCUT2D eigenvalue weighted by Crippen LogP contribution is 2.27. The molecule has 1 N–H and O–H groups in total. The molecule has 2 rings (SSSR count). The smallest absolute Gasteiger partial charge is 0.0476 e. The number of unbranched alkanes of at least 4 members (excludes halogenated alkanes) is 3. The first-order valence-corrected chi connectivity index (χ1v) is 8.76. The average Bonchev–Trinajstić information content (AvgIpc) is 2.52. The van der Waals surface area contributed by atoms with E-state index in [0.29, 0.717) is 18.1 Å². The van der Waals surface area contributed by atoms with Gasteiger partial charge in [-0.25, -0.2) is 0 Å². The van der Waals surface area contributed by atoms with Crippen molar-refractivity contribution in [2.75, 3.05) is 13.1 Å². The van der Waals surface area contributed by atoms with Gasteiger partial charge in [-0.05, 0) is 25.8 Å². The van der Waals surface area contributed by atoms with Crippen LogP contribution in [0.1, 0.15) is 64.5 Å². The summed E-state index contributed by atoms with van der Waals surface area (Å²) in [6.45, 7) is 9.24. The van der Waals surface area contributed by atoms with Gasteiger partial charge >= 0.3 is 0 Å². The Morgan fingerprint density at radius 3 is 2.67 bits per heavy atom. The molecule has 0 aliphatic carbocycles. The fourth-order valence-corrected chi connectivity index (χ4v) is 3.44. The summed E-state index contributed by atoms with van der Waals surface area (Å²) in [6.07, 6.45) is 6.79. The van der Waals surface area contributed by atoms with Gasteiger partial charge in [-0.1, -0.05) is 62.9 Å². The first-order chi connectivity index (χ1) is 10.2. The fraction of sp³-hybridized carbons (Fsp3) is 0.684. The summed E-state index contributed by atoms with van der Waals surface area (Å²) in [5, 5.41) is 3.65. The molecule has 1 heterocycles. The van der Waals surface area contributed by atoms with Crippen molar-refractivity contribution in [2.24, 2.45) is 0 Å². The van der Waals surface area contributed by atoms with Crippen LogP contribution >= 0.6 is 0 Å². The second kappa shape index (κ2) is 8.55. The minimum atomic E-state index is 0.531. The van der Waals surface area contributed by atoms with Crippen LogP contribution in [0.25, 0.3) is 0 Å². The lowest BCUT2D eigenvalue weighted by molar-refractivity contribution is 0.0871. The molecule has 2 nitrogen and oxygen atoms in total. The quantitative estimate of drug-likeness (QED) is 0.749. The Labute approximate surface area is 130 Å². The molecule has 0 bridgehead atoms. The molecule has 0 aromatic heterocycles. The molecule has 21 heavy (non-hydrogen) atoms. The number of piperazine rings is 1. The molecule has 1 saturated heterocycles. The zero-order valence-corrected chi connectivity index (χ0v) is 14.0. The normalized spacial score (nSPS) is 24.9. The average molecular weight is 288 g/mol. The van der Waals surface area contributed by atoms with Crippen LogP contribution in [0.3, 0.4) is 0 Å². The molecule has 1 aromatic rings. The summed E-state index contributed by atoms with van der Waals surface area (Å²) in [6, 6.07) is 12.8. The molecule has 0 saturated carbocycles. The molecule has 1 aromatic carbocycles. The van der Waals surface area contributed by atoms with Gasteiger partial charge in [0, 0.05) is 31.2 Å². The Morgan fingerprint density at radius 1 is 1.19 bits per heavy atom. The molecule has 0 radical (unpaired) electrons. The zero-order chi connectivity index (χ0) is 15.1. The molecule has 1 aliphatic rings. The van der Waals surface area contributed by atoms with Crippen molar-refractivity contribution >= 4 is 0 Å². The van der Waals surface area contributed by atoms with Crippen LogP contribution in [0.4, 0.5) is 0 Å². The van der Waals surface area contributed by atoms with Crippen molar-refractivity contribution < 1.29 is 0 Å². The number of hydrogen-bond donors (Lipinski definition) is 1. The van der Waals surface area contributed by atoms with Gasteiger partial charge in [-0.2, -0.15) is 0 Å².